The highest BCUT2D eigenvalue weighted by molar-refractivity contribution is 7.98. The minimum absolute atomic E-state index is 0.0300. The van der Waals surface area contributed by atoms with Crippen LogP contribution in [-0.2, 0) is 23.5 Å². The van der Waals surface area contributed by atoms with Crippen LogP contribution >= 0.6 is 23.1 Å². The van der Waals surface area contributed by atoms with E-state index in [1.165, 1.54) is 17.8 Å². The van der Waals surface area contributed by atoms with Crippen molar-refractivity contribution in [2.24, 2.45) is 0 Å². The quantitative estimate of drug-likeness (QED) is 0.468. The number of aryl methyl sites for hydroxylation is 1. The Balaban J connectivity index is 1.63. The lowest BCUT2D eigenvalue weighted by atomic mass is 10.1. The fourth-order valence-corrected chi connectivity index (χ4v) is 3.98. The van der Waals surface area contributed by atoms with Gasteiger partial charge in [-0.3, -0.25) is 9.59 Å². The molecule has 27 heavy (non-hydrogen) atoms. The Hall–Kier alpha value is -2.45. The number of rotatable bonds is 7. The molecule has 0 aliphatic carbocycles. The second-order valence-electron chi connectivity index (χ2n) is 5.85. The molecule has 2 aromatic heterocycles. The molecule has 5 nitrogen and oxygen atoms in total. The molecule has 0 saturated heterocycles. The molecule has 0 spiro atoms. The summed E-state index contributed by atoms with van der Waals surface area (Å²) >= 11 is 2.81. The van der Waals surface area contributed by atoms with Crippen LogP contribution < -0.4 is 10.9 Å². The predicted molar refractivity (Wildman–Crippen MR) is 105 cm³/mol. The molecule has 3 rings (SSSR count). The van der Waals surface area contributed by atoms with Gasteiger partial charge in [0, 0.05) is 21.9 Å². The summed E-state index contributed by atoms with van der Waals surface area (Å²) in [5.41, 5.74) is 1.04. The molecule has 8 heteroatoms. The molecule has 2 N–H and O–H groups in total. The average Bonchev–Trinajstić information content (AvgIpc) is 3.16. The number of hydrogen-bond acceptors (Lipinski definition) is 5. The van der Waals surface area contributed by atoms with Crippen LogP contribution in [0.4, 0.5) is 4.39 Å². The van der Waals surface area contributed by atoms with Crippen molar-refractivity contribution in [2.45, 2.75) is 30.8 Å². The van der Waals surface area contributed by atoms with Crippen LogP contribution in [0.2, 0.25) is 0 Å². The first kappa shape index (κ1) is 19.3. The number of benzene rings is 1. The minimum atomic E-state index is -0.343. The summed E-state index contributed by atoms with van der Waals surface area (Å²) in [4.78, 5) is 32.5. The van der Waals surface area contributed by atoms with Gasteiger partial charge in [0.25, 0.3) is 5.56 Å². The van der Waals surface area contributed by atoms with Crippen LogP contribution in [-0.4, -0.2) is 15.9 Å². The monoisotopic (exact) mass is 403 g/mol. The predicted octanol–water partition coefficient (Wildman–Crippen LogP) is 3.43. The minimum Gasteiger partial charge on any atom is -0.351 e. The van der Waals surface area contributed by atoms with Crippen molar-refractivity contribution in [3.8, 4) is 0 Å². The lowest BCUT2D eigenvalue weighted by Gasteiger charge is -2.08. The maximum atomic E-state index is 13.7. The largest absolute Gasteiger partial charge is 0.351 e. The zero-order valence-corrected chi connectivity index (χ0v) is 16.3. The summed E-state index contributed by atoms with van der Waals surface area (Å²) in [5, 5.41) is 5.15. The lowest BCUT2D eigenvalue weighted by molar-refractivity contribution is -0.120. The number of amides is 1. The maximum absolute atomic E-state index is 13.7. The molecular weight excluding hydrogens is 385 g/mol. The molecule has 140 valence electrons. The van der Waals surface area contributed by atoms with Gasteiger partial charge in [0.2, 0.25) is 5.91 Å². The Labute approximate surface area is 164 Å². The van der Waals surface area contributed by atoms with E-state index in [0.717, 1.165) is 4.88 Å². The summed E-state index contributed by atoms with van der Waals surface area (Å²) < 4.78 is 13.7. The standard InChI is InChI=1S/C19H18FN3O2S2/c1-12-15(9-17(24)21-10-14-6-4-8-26-14)18(25)23-19(22-12)27-11-13-5-2-3-7-16(13)20/h2-8H,9-11H2,1H3,(H,21,24)(H,22,23,25). The van der Waals surface area contributed by atoms with Crippen LogP contribution in [0, 0.1) is 12.7 Å². The van der Waals surface area contributed by atoms with Gasteiger partial charge >= 0.3 is 0 Å². The van der Waals surface area contributed by atoms with E-state index in [4.69, 9.17) is 0 Å². The van der Waals surface area contributed by atoms with E-state index in [2.05, 4.69) is 15.3 Å². The number of carbonyl (C=O) groups excluding carboxylic acids is 1. The number of carbonyl (C=O) groups is 1. The topological polar surface area (TPSA) is 74.8 Å². The number of aromatic nitrogens is 2. The van der Waals surface area contributed by atoms with Gasteiger partial charge in [-0.15, -0.1) is 11.3 Å². The molecule has 0 aliphatic heterocycles. The second kappa shape index (κ2) is 8.96. The van der Waals surface area contributed by atoms with Gasteiger partial charge in [0.15, 0.2) is 5.16 Å². The third-order valence-electron chi connectivity index (χ3n) is 3.90. The van der Waals surface area contributed by atoms with E-state index in [-0.39, 0.29) is 23.7 Å². The van der Waals surface area contributed by atoms with Gasteiger partial charge < -0.3 is 10.3 Å². The Morgan fingerprint density at radius 3 is 2.81 bits per heavy atom. The summed E-state index contributed by atoms with van der Waals surface area (Å²) in [5.74, 6) is -0.163. The molecule has 3 aromatic rings. The molecule has 0 radical (unpaired) electrons. The van der Waals surface area contributed by atoms with E-state index in [9.17, 15) is 14.0 Å². The molecule has 1 aromatic carbocycles. The van der Waals surface area contributed by atoms with Crippen molar-refractivity contribution < 1.29 is 9.18 Å². The summed E-state index contributed by atoms with van der Waals surface area (Å²) in [6, 6.07) is 10.3. The van der Waals surface area contributed by atoms with Gasteiger partial charge in [0.05, 0.1) is 13.0 Å². The van der Waals surface area contributed by atoms with Gasteiger partial charge in [-0.1, -0.05) is 36.0 Å². The first-order valence-corrected chi connectivity index (χ1v) is 10.1. The normalized spacial score (nSPS) is 10.7. The zero-order valence-electron chi connectivity index (χ0n) is 14.6. The summed E-state index contributed by atoms with van der Waals surface area (Å²) in [7, 11) is 0. The highest BCUT2D eigenvalue weighted by Crippen LogP contribution is 2.20. The number of hydrogen-bond donors (Lipinski definition) is 2. The molecule has 0 saturated carbocycles. The Bertz CT molecular complexity index is 987. The number of halogens is 1. The lowest BCUT2D eigenvalue weighted by Crippen LogP contribution is -2.28. The highest BCUT2D eigenvalue weighted by Gasteiger charge is 2.13. The smallest absolute Gasteiger partial charge is 0.255 e. The number of nitrogens with zero attached hydrogens (tertiary/aromatic N) is 1. The number of nitrogens with one attached hydrogen (secondary N) is 2. The van der Waals surface area contributed by atoms with Crippen LogP contribution in [0.3, 0.4) is 0 Å². The highest BCUT2D eigenvalue weighted by atomic mass is 32.2. The summed E-state index contributed by atoms with van der Waals surface area (Å²) in [6.45, 7) is 2.14. The van der Waals surface area contributed by atoms with Crippen molar-refractivity contribution in [2.75, 3.05) is 0 Å². The average molecular weight is 404 g/mol. The van der Waals surface area contributed by atoms with E-state index < -0.39 is 0 Å². The van der Waals surface area contributed by atoms with E-state index in [1.54, 1.807) is 36.5 Å². The first-order chi connectivity index (χ1) is 13.0. The number of aromatic amines is 1. The van der Waals surface area contributed by atoms with E-state index in [0.29, 0.717) is 34.3 Å². The van der Waals surface area contributed by atoms with E-state index >= 15 is 0 Å². The molecule has 0 bridgehead atoms. The van der Waals surface area contributed by atoms with Crippen LogP contribution in [0.1, 0.15) is 21.7 Å². The molecule has 0 fully saturated rings. The van der Waals surface area contributed by atoms with Gasteiger partial charge in [-0.05, 0) is 30.0 Å². The summed E-state index contributed by atoms with van der Waals surface area (Å²) in [6.07, 6.45) is -0.0300. The molecule has 1 amide bonds. The van der Waals surface area contributed by atoms with Crippen LogP contribution in [0.25, 0.3) is 0 Å². The molecule has 2 heterocycles. The molecule has 0 atom stereocenters. The Kier molecular flexibility index (Phi) is 6.41. The first-order valence-electron chi connectivity index (χ1n) is 8.28. The van der Waals surface area contributed by atoms with Crippen molar-refractivity contribution in [3.63, 3.8) is 0 Å². The van der Waals surface area contributed by atoms with Gasteiger partial charge in [0.1, 0.15) is 5.82 Å². The third-order valence-corrected chi connectivity index (χ3v) is 5.70. The van der Waals surface area contributed by atoms with Crippen LogP contribution in [0.15, 0.2) is 51.7 Å². The zero-order chi connectivity index (χ0) is 19.2. The van der Waals surface area contributed by atoms with Crippen molar-refractivity contribution >= 4 is 29.0 Å². The second-order valence-corrected chi connectivity index (χ2v) is 7.84. The maximum Gasteiger partial charge on any atom is 0.255 e. The fraction of sp³-hybridized carbons (Fsp3) is 0.211. The van der Waals surface area contributed by atoms with Crippen LogP contribution in [0.5, 0.6) is 0 Å². The van der Waals surface area contributed by atoms with Gasteiger partial charge in [-0.25, -0.2) is 9.37 Å². The Morgan fingerprint density at radius 2 is 2.11 bits per heavy atom. The number of H-pyrrole nitrogens is 1. The van der Waals surface area contributed by atoms with E-state index in [1.807, 2.05) is 17.5 Å². The SMILES string of the molecule is Cc1nc(SCc2ccccc2F)[nH]c(=O)c1CC(=O)NCc1cccs1. The van der Waals surface area contributed by atoms with Crippen molar-refractivity contribution in [1.82, 2.24) is 15.3 Å². The fourth-order valence-electron chi connectivity index (χ4n) is 2.44. The van der Waals surface area contributed by atoms with Gasteiger partial charge in [-0.2, -0.15) is 0 Å². The van der Waals surface area contributed by atoms with Crippen molar-refractivity contribution in [1.29, 1.82) is 0 Å². The number of thiophene rings is 1. The molecule has 0 aliphatic rings. The molecule has 0 unspecified atom stereocenters. The van der Waals surface area contributed by atoms with Crippen molar-refractivity contribution in [3.05, 3.63) is 79.6 Å². The molecular formula is C19H18FN3O2S2. The Morgan fingerprint density at radius 1 is 1.30 bits per heavy atom. The third kappa shape index (κ3) is 5.27. The number of thioether (sulfide) groups is 1.